The van der Waals surface area contributed by atoms with E-state index in [9.17, 15) is 9.59 Å². The molecule has 0 saturated heterocycles. The van der Waals surface area contributed by atoms with E-state index in [-0.39, 0.29) is 12.3 Å². The lowest BCUT2D eigenvalue weighted by molar-refractivity contribution is -0.138. The van der Waals surface area contributed by atoms with Gasteiger partial charge in [0.2, 0.25) is 0 Å². The van der Waals surface area contributed by atoms with Gasteiger partial charge in [0.05, 0.1) is 12.0 Å². The molecule has 0 aromatic carbocycles. The summed E-state index contributed by atoms with van der Waals surface area (Å²) >= 11 is 0. The van der Waals surface area contributed by atoms with Crippen molar-refractivity contribution < 1.29 is 19.4 Å². The van der Waals surface area contributed by atoms with Crippen molar-refractivity contribution in [3.63, 3.8) is 0 Å². The van der Waals surface area contributed by atoms with Gasteiger partial charge >= 0.3 is 12.1 Å². The first-order valence-corrected chi connectivity index (χ1v) is 5.85. The number of alkyl carbamates (subject to hydrolysis) is 1. The molecule has 98 valence electrons. The Morgan fingerprint density at radius 1 is 1.29 bits per heavy atom. The SMILES string of the molecule is CC(C)(C)OC(=O)N[C@@](C)(CC(=O)O)C1CC1. The maximum Gasteiger partial charge on any atom is 0.408 e. The number of carbonyl (C=O) groups is 2. The van der Waals surface area contributed by atoms with Gasteiger partial charge in [-0.05, 0) is 46.5 Å². The van der Waals surface area contributed by atoms with Crippen LogP contribution in [-0.4, -0.2) is 28.3 Å². The normalized spacial score (nSPS) is 19.3. The molecule has 0 aliphatic heterocycles. The number of nitrogens with one attached hydrogen (secondary N) is 1. The smallest absolute Gasteiger partial charge is 0.408 e. The van der Waals surface area contributed by atoms with Gasteiger partial charge in [-0.1, -0.05) is 0 Å². The Hall–Kier alpha value is -1.26. The molecule has 0 aromatic heterocycles. The first-order valence-electron chi connectivity index (χ1n) is 5.85. The zero-order valence-electron chi connectivity index (χ0n) is 10.9. The van der Waals surface area contributed by atoms with Gasteiger partial charge in [-0.3, -0.25) is 4.79 Å². The van der Waals surface area contributed by atoms with Crippen LogP contribution in [0.15, 0.2) is 0 Å². The predicted octanol–water partition coefficient (Wildman–Crippen LogP) is 2.15. The highest BCUT2D eigenvalue weighted by atomic mass is 16.6. The van der Waals surface area contributed by atoms with Gasteiger partial charge in [0.25, 0.3) is 0 Å². The second kappa shape index (κ2) is 4.55. The highest BCUT2D eigenvalue weighted by Gasteiger charge is 2.44. The van der Waals surface area contributed by atoms with Crippen LogP contribution in [0.25, 0.3) is 0 Å². The Balaban J connectivity index is 2.61. The quantitative estimate of drug-likeness (QED) is 0.793. The van der Waals surface area contributed by atoms with Crippen LogP contribution in [0.5, 0.6) is 0 Å². The van der Waals surface area contributed by atoms with E-state index in [1.807, 2.05) is 0 Å². The van der Waals surface area contributed by atoms with Crippen molar-refractivity contribution >= 4 is 12.1 Å². The summed E-state index contributed by atoms with van der Waals surface area (Å²) in [5.41, 5.74) is -1.27. The lowest BCUT2D eigenvalue weighted by Crippen LogP contribution is -2.50. The fourth-order valence-corrected chi connectivity index (χ4v) is 1.86. The number of ether oxygens (including phenoxy) is 1. The van der Waals surface area contributed by atoms with Crippen LogP contribution in [0, 0.1) is 5.92 Å². The molecular formula is C12H21NO4. The van der Waals surface area contributed by atoms with Crippen LogP contribution in [0.4, 0.5) is 4.79 Å². The molecule has 0 spiro atoms. The molecule has 1 aliphatic carbocycles. The number of rotatable bonds is 4. The van der Waals surface area contributed by atoms with E-state index in [0.717, 1.165) is 12.8 Å². The Labute approximate surface area is 102 Å². The lowest BCUT2D eigenvalue weighted by atomic mass is 9.92. The highest BCUT2D eigenvalue weighted by Crippen LogP contribution is 2.41. The van der Waals surface area contributed by atoms with Crippen LogP contribution in [-0.2, 0) is 9.53 Å². The number of hydrogen-bond donors (Lipinski definition) is 2. The molecular weight excluding hydrogens is 222 g/mol. The minimum atomic E-state index is -0.907. The first kappa shape index (κ1) is 13.8. The molecule has 1 rings (SSSR count). The molecule has 1 aliphatic rings. The van der Waals surface area contributed by atoms with E-state index in [4.69, 9.17) is 9.84 Å². The molecule has 5 nitrogen and oxygen atoms in total. The summed E-state index contributed by atoms with van der Waals surface area (Å²) in [5, 5.41) is 11.6. The monoisotopic (exact) mass is 243 g/mol. The fraction of sp³-hybridized carbons (Fsp3) is 0.833. The minimum Gasteiger partial charge on any atom is -0.481 e. The van der Waals surface area contributed by atoms with Gasteiger partial charge in [0, 0.05) is 0 Å². The van der Waals surface area contributed by atoms with E-state index in [1.54, 1.807) is 27.7 Å². The van der Waals surface area contributed by atoms with Crippen molar-refractivity contribution in [2.24, 2.45) is 5.92 Å². The summed E-state index contributed by atoms with van der Waals surface area (Å²) in [6.45, 7) is 7.09. The summed E-state index contributed by atoms with van der Waals surface area (Å²) in [6, 6.07) is 0. The van der Waals surface area contributed by atoms with Crippen molar-refractivity contribution in [2.75, 3.05) is 0 Å². The van der Waals surface area contributed by atoms with Crippen molar-refractivity contribution in [3.05, 3.63) is 0 Å². The third-order valence-electron chi connectivity index (χ3n) is 2.78. The minimum absolute atomic E-state index is 0.0725. The van der Waals surface area contributed by atoms with Gasteiger partial charge in [-0.15, -0.1) is 0 Å². The Kier molecular flexibility index (Phi) is 3.69. The Morgan fingerprint density at radius 3 is 2.18 bits per heavy atom. The molecule has 5 heteroatoms. The predicted molar refractivity (Wildman–Crippen MR) is 62.8 cm³/mol. The van der Waals surface area contributed by atoms with Gasteiger partial charge < -0.3 is 15.2 Å². The van der Waals surface area contributed by atoms with E-state index >= 15 is 0 Å². The van der Waals surface area contributed by atoms with E-state index in [1.165, 1.54) is 0 Å². The number of carboxylic acids is 1. The van der Waals surface area contributed by atoms with Gasteiger partial charge in [0.15, 0.2) is 0 Å². The molecule has 0 bridgehead atoms. The zero-order chi connectivity index (χ0) is 13.3. The number of hydrogen-bond acceptors (Lipinski definition) is 3. The molecule has 17 heavy (non-hydrogen) atoms. The molecule has 1 amide bonds. The van der Waals surface area contributed by atoms with Gasteiger partial charge in [0.1, 0.15) is 5.60 Å². The Bertz CT molecular complexity index is 317. The summed E-state index contributed by atoms with van der Waals surface area (Å²) in [5.74, 6) is -0.665. The molecule has 1 saturated carbocycles. The van der Waals surface area contributed by atoms with Crippen LogP contribution in [0.2, 0.25) is 0 Å². The average molecular weight is 243 g/mol. The molecule has 0 radical (unpaired) electrons. The number of amides is 1. The Morgan fingerprint density at radius 2 is 1.82 bits per heavy atom. The first-order chi connectivity index (χ1) is 7.62. The average Bonchev–Trinajstić information content (AvgIpc) is 2.77. The van der Waals surface area contributed by atoms with Crippen molar-refractivity contribution in [1.29, 1.82) is 0 Å². The van der Waals surface area contributed by atoms with Gasteiger partial charge in [-0.25, -0.2) is 4.79 Å². The third kappa shape index (κ3) is 4.63. The molecule has 2 N–H and O–H groups in total. The lowest BCUT2D eigenvalue weighted by Gasteiger charge is -2.31. The summed E-state index contributed by atoms with van der Waals surface area (Å²) < 4.78 is 5.15. The van der Waals surface area contributed by atoms with Gasteiger partial charge in [-0.2, -0.15) is 0 Å². The van der Waals surface area contributed by atoms with Crippen molar-refractivity contribution in [3.8, 4) is 0 Å². The number of aliphatic carboxylic acids is 1. The molecule has 1 fully saturated rings. The summed E-state index contributed by atoms with van der Waals surface area (Å²) in [6.07, 6.45) is 1.30. The summed E-state index contributed by atoms with van der Waals surface area (Å²) in [7, 11) is 0. The van der Waals surface area contributed by atoms with Crippen LogP contribution < -0.4 is 5.32 Å². The van der Waals surface area contributed by atoms with Crippen molar-refractivity contribution in [2.45, 2.75) is 58.1 Å². The van der Waals surface area contributed by atoms with E-state index < -0.39 is 23.2 Å². The third-order valence-corrected chi connectivity index (χ3v) is 2.78. The highest BCUT2D eigenvalue weighted by molar-refractivity contribution is 5.73. The van der Waals surface area contributed by atoms with E-state index in [2.05, 4.69) is 5.32 Å². The molecule has 1 atom stereocenters. The maximum absolute atomic E-state index is 11.7. The van der Waals surface area contributed by atoms with Crippen LogP contribution in [0.3, 0.4) is 0 Å². The largest absolute Gasteiger partial charge is 0.481 e. The summed E-state index contributed by atoms with van der Waals surface area (Å²) in [4.78, 5) is 22.5. The van der Waals surface area contributed by atoms with Crippen LogP contribution in [0.1, 0.15) is 47.0 Å². The molecule has 0 unspecified atom stereocenters. The fourth-order valence-electron chi connectivity index (χ4n) is 1.86. The molecule has 0 aromatic rings. The van der Waals surface area contributed by atoms with E-state index in [0.29, 0.717) is 0 Å². The zero-order valence-corrected chi connectivity index (χ0v) is 10.9. The second-order valence-electron chi connectivity index (χ2n) is 5.89. The standard InChI is InChI=1S/C12H21NO4/c1-11(2,3)17-10(16)13-12(4,7-9(14)15)8-5-6-8/h8H,5-7H2,1-4H3,(H,13,16)(H,14,15)/t12-/m0/s1. The maximum atomic E-state index is 11.7. The van der Waals surface area contributed by atoms with Crippen LogP contribution >= 0.6 is 0 Å². The molecule has 0 heterocycles. The number of carboxylic acid groups (broad SMARTS) is 1. The topological polar surface area (TPSA) is 75.6 Å². The number of carbonyl (C=O) groups excluding carboxylic acids is 1. The second-order valence-corrected chi connectivity index (χ2v) is 5.89. The van der Waals surface area contributed by atoms with Crippen molar-refractivity contribution in [1.82, 2.24) is 5.32 Å².